The maximum absolute atomic E-state index is 12.5. The Morgan fingerprint density at radius 1 is 1.14 bits per heavy atom. The van der Waals surface area contributed by atoms with Crippen LogP contribution in [0.3, 0.4) is 0 Å². The van der Waals surface area contributed by atoms with E-state index in [4.69, 9.17) is 4.74 Å². The number of carbonyl (C=O) groups excluding carboxylic acids is 4. The molecule has 0 aliphatic heterocycles. The third kappa shape index (κ3) is 5.76. The molecule has 0 fully saturated rings. The van der Waals surface area contributed by atoms with Gasteiger partial charge in [-0.15, -0.1) is 11.3 Å². The molecule has 2 aromatic rings. The van der Waals surface area contributed by atoms with Crippen LogP contribution in [0.1, 0.15) is 38.1 Å². The molecule has 0 radical (unpaired) electrons. The maximum Gasteiger partial charge on any atom is 0.413 e. The summed E-state index contributed by atoms with van der Waals surface area (Å²) in [5.74, 6) is -1.93. The van der Waals surface area contributed by atoms with Crippen LogP contribution in [0.15, 0.2) is 36.4 Å². The number of anilines is 1. The lowest BCUT2D eigenvalue weighted by Crippen LogP contribution is -2.31. The molecule has 152 valence electrons. The number of amides is 3. The van der Waals surface area contributed by atoms with Crippen molar-refractivity contribution in [3.05, 3.63) is 58.0 Å². The molecular formula is C20H20N2O6S. The first-order chi connectivity index (χ1) is 13.9. The van der Waals surface area contributed by atoms with Crippen LogP contribution in [0.5, 0.6) is 0 Å². The van der Waals surface area contributed by atoms with Gasteiger partial charge in [-0.25, -0.2) is 9.59 Å². The van der Waals surface area contributed by atoms with Crippen LogP contribution in [-0.4, -0.2) is 37.6 Å². The standard InChI is InChI=1S/C20H20N2O6S/c1-4-28-19(25)16-12(2)15(17(24)22-20(26)27-3)18(29-16)21-14(23)11-10-13-8-6-5-7-9-13/h5-11H,4H2,1-3H3,(H,21,23)(H,22,24,26)/b11-10+. The largest absolute Gasteiger partial charge is 0.462 e. The van der Waals surface area contributed by atoms with E-state index in [2.05, 4.69) is 10.1 Å². The topological polar surface area (TPSA) is 111 Å². The maximum atomic E-state index is 12.5. The van der Waals surface area contributed by atoms with Gasteiger partial charge in [-0.3, -0.25) is 14.9 Å². The number of hydrogen-bond donors (Lipinski definition) is 2. The van der Waals surface area contributed by atoms with Gasteiger partial charge in [-0.2, -0.15) is 0 Å². The molecule has 1 aromatic carbocycles. The highest BCUT2D eigenvalue weighted by Gasteiger charge is 2.27. The Hall–Kier alpha value is -3.46. The van der Waals surface area contributed by atoms with Crippen LogP contribution in [0, 0.1) is 6.92 Å². The number of rotatable bonds is 6. The lowest BCUT2D eigenvalue weighted by atomic mass is 10.1. The van der Waals surface area contributed by atoms with Gasteiger partial charge in [0, 0.05) is 6.08 Å². The van der Waals surface area contributed by atoms with Gasteiger partial charge in [-0.1, -0.05) is 30.3 Å². The van der Waals surface area contributed by atoms with Crippen molar-refractivity contribution < 1.29 is 28.7 Å². The third-order valence-electron chi connectivity index (χ3n) is 3.70. The number of carbonyl (C=O) groups is 4. The van der Waals surface area contributed by atoms with Crippen molar-refractivity contribution in [1.82, 2.24) is 5.32 Å². The first-order valence-corrected chi connectivity index (χ1v) is 9.42. The second-order valence-corrected chi connectivity index (χ2v) is 6.68. The Labute approximate surface area is 171 Å². The Kier molecular flexibility index (Phi) is 7.67. The van der Waals surface area contributed by atoms with E-state index in [1.54, 1.807) is 13.0 Å². The van der Waals surface area contributed by atoms with Gasteiger partial charge in [0.2, 0.25) is 5.91 Å². The fraction of sp³-hybridized carbons (Fsp3) is 0.200. The van der Waals surface area contributed by atoms with Gasteiger partial charge in [0.25, 0.3) is 5.91 Å². The summed E-state index contributed by atoms with van der Waals surface area (Å²) in [5.41, 5.74) is 1.10. The van der Waals surface area contributed by atoms with Gasteiger partial charge >= 0.3 is 12.1 Å². The summed E-state index contributed by atoms with van der Waals surface area (Å²) in [4.78, 5) is 48.5. The molecule has 9 heteroatoms. The molecule has 3 amide bonds. The zero-order valence-electron chi connectivity index (χ0n) is 16.1. The van der Waals surface area contributed by atoms with Crippen LogP contribution in [-0.2, 0) is 14.3 Å². The molecule has 8 nitrogen and oxygen atoms in total. The van der Waals surface area contributed by atoms with Crippen molar-refractivity contribution in [3.8, 4) is 0 Å². The van der Waals surface area contributed by atoms with Crippen molar-refractivity contribution in [3.63, 3.8) is 0 Å². The molecule has 2 N–H and O–H groups in total. The van der Waals surface area contributed by atoms with Gasteiger partial charge in [0.15, 0.2) is 0 Å². The smallest absolute Gasteiger partial charge is 0.413 e. The number of alkyl carbamates (subject to hydrolysis) is 1. The van der Waals surface area contributed by atoms with E-state index in [9.17, 15) is 19.2 Å². The number of ether oxygens (including phenoxy) is 2. The van der Waals surface area contributed by atoms with E-state index in [1.165, 1.54) is 13.0 Å². The third-order valence-corrected chi connectivity index (χ3v) is 4.89. The summed E-state index contributed by atoms with van der Waals surface area (Å²) in [6.45, 7) is 3.34. The van der Waals surface area contributed by atoms with Crippen LogP contribution in [0.25, 0.3) is 6.08 Å². The Morgan fingerprint density at radius 3 is 2.45 bits per heavy atom. The molecule has 0 saturated carbocycles. The average Bonchev–Trinajstić information content (AvgIpc) is 3.03. The molecular weight excluding hydrogens is 396 g/mol. The van der Waals surface area contributed by atoms with Gasteiger partial charge < -0.3 is 14.8 Å². The number of hydrogen-bond acceptors (Lipinski definition) is 7. The molecule has 0 atom stereocenters. The van der Waals surface area contributed by atoms with Gasteiger partial charge in [0.1, 0.15) is 9.88 Å². The predicted molar refractivity (Wildman–Crippen MR) is 109 cm³/mol. The molecule has 1 heterocycles. The number of imide groups is 1. The van der Waals surface area contributed by atoms with E-state index in [0.29, 0.717) is 0 Å². The van der Waals surface area contributed by atoms with E-state index < -0.39 is 23.9 Å². The zero-order chi connectivity index (χ0) is 21.4. The van der Waals surface area contributed by atoms with Gasteiger partial charge in [0.05, 0.1) is 19.3 Å². The highest BCUT2D eigenvalue weighted by Crippen LogP contribution is 2.33. The van der Waals surface area contributed by atoms with E-state index in [0.717, 1.165) is 24.0 Å². The Bertz CT molecular complexity index is 949. The van der Waals surface area contributed by atoms with Crippen molar-refractivity contribution in [1.29, 1.82) is 0 Å². The minimum absolute atomic E-state index is 0.00934. The Morgan fingerprint density at radius 2 is 1.83 bits per heavy atom. The minimum Gasteiger partial charge on any atom is -0.462 e. The van der Waals surface area contributed by atoms with Gasteiger partial charge in [-0.05, 0) is 31.1 Å². The molecule has 0 aliphatic rings. The number of benzene rings is 1. The molecule has 1 aromatic heterocycles. The number of nitrogens with one attached hydrogen (secondary N) is 2. The van der Waals surface area contributed by atoms with Crippen LogP contribution in [0.4, 0.5) is 9.80 Å². The fourth-order valence-corrected chi connectivity index (χ4v) is 3.46. The lowest BCUT2D eigenvalue weighted by molar-refractivity contribution is -0.111. The van der Waals surface area contributed by atoms with Crippen molar-refractivity contribution in [2.45, 2.75) is 13.8 Å². The summed E-state index contributed by atoms with van der Waals surface area (Å²) < 4.78 is 9.42. The van der Waals surface area contributed by atoms with Crippen molar-refractivity contribution in [2.75, 3.05) is 19.0 Å². The highest BCUT2D eigenvalue weighted by atomic mass is 32.1. The first kappa shape index (κ1) is 21.8. The molecule has 0 aliphatic carbocycles. The number of methoxy groups -OCH3 is 1. The monoisotopic (exact) mass is 416 g/mol. The Balaban J connectivity index is 2.32. The summed E-state index contributed by atoms with van der Waals surface area (Å²) in [6, 6.07) is 9.18. The average molecular weight is 416 g/mol. The van der Waals surface area contributed by atoms with Crippen LogP contribution < -0.4 is 10.6 Å². The first-order valence-electron chi connectivity index (χ1n) is 8.61. The number of esters is 1. The molecule has 29 heavy (non-hydrogen) atoms. The summed E-state index contributed by atoms with van der Waals surface area (Å²) in [6.07, 6.45) is 1.95. The normalized spacial score (nSPS) is 10.4. The quantitative estimate of drug-likeness (QED) is 0.552. The van der Waals surface area contributed by atoms with E-state index in [-0.39, 0.29) is 27.6 Å². The van der Waals surface area contributed by atoms with Crippen LogP contribution in [0.2, 0.25) is 0 Å². The molecule has 0 bridgehead atoms. The minimum atomic E-state index is -0.959. The van der Waals surface area contributed by atoms with Crippen LogP contribution >= 0.6 is 11.3 Å². The van der Waals surface area contributed by atoms with E-state index in [1.807, 2.05) is 35.6 Å². The molecule has 2 rings (SSSR count). The second-order valence-electron chi connectivity index (χ2n) is 5.66. The molecule has 0 saturated heterocycles. The van der Waals surface area contributed by atoms with Crippen molar-refractivity contribution >= 4 is 46.3 Å². The predicted octanol–water partition coefficient (Wildman–Crippen LogP) is 3.38. The summed E-state index contributed by atoms with van der Waals surface area (Å²) >= 11 is 0.894. The lowest BCUT2D eigenvalue weighted by Gasteiger charge is -2.06. The SMILES string of the molecule is CCOC(=O)c1sc(NC(=O)/C=C/c2ccccc2)c(C(=O)NC(=O)OC)c1C. The van der Waals surface area contributed by atoms with E-state index >= 15 is 0 Å². The highest BCUT2D eigenvalue weighted by molar-refractivity contribution is 7.18. The molecule has 0 spiro atoms. The fourth-order valence-electron chi connectivity index (χ4n) is 2.36. The zero-order valence-corrected chi connectivity index (χ0v) is 16.9. The second kappa shape index (κ2) is 10.2. The molecule has 0 unspecified atom stereocenters. The number of thiophene rings is 1. The summed E-state index contributed by atoms with van der Waals surface area (Å²) in [7, 11) is 1.12. The summed E-state index contributed by atoms with van der Waals surface area (Å²) in [5, 5.41) is 4.73. The van der Waals surface area contributed by atoms with Crippen molar-refractivity contribution in [2.24, 2.45) is 0 Å².